The van der Waals surface area contributed by atoms with Gasteiger partial charge in [-0.15, -0.1) is 0 Å². The minimum Gasteiger partial charge on any atom is -0.355 e. The summed E-state index contributed by atoms with van der Waals surface area (Å²) in [4.78, 5) is 10.9. The third-order valence-electron chi connectivity index (χ3n) is 2.18. The van der Waals surface area contributed by atoms with Crippen molar-refractivity contribution >= 4 is 16.7 Å². The van der Waals surface area contributed by atoms with Crippen LogP contribution in [0.25, 0.3) is 0 Å². The first kappa shape index (κ1) is 15.7. The number of benzene rings is 1. The molecule has 19 heavy (non-hydrogen) atoms. The minimum atomic E-state index is -4.51. The summed E-state index contributed by atoms with van der Waals surface area (Å²) in [6.07, 6.45) is -6.01. The smallest absolute Gasteiger partial charge is 0.355 e. The second-order valence-electron chi connectivity index (χ2n) is 3.92. The molecule has 7 heteroatoms. The SMILES string of the molecule is O=C(CC(F)(F)F)NCC[S@](=O)Cc1ccccc1. The number of nitrogens with one attached hydrogen (secondary N) is 1. The second-order valence-corrected chi connectivity index (χ2v) is 5.49. The van der Waals surface area contributed by atoms with Crippen molar-refractivity contribution in [3.63, 3.8) is 0 Å². The van der Waals surface area contributed by atoms with Gasteiger partial charge >= 0.3 is 6.18 Å². The first-order valence-corrected chi connectivity index (χ1v) is 7.08. The van der Waals surface area contributed by atoms with Crippen molar-refractivity contribution in [2.75, 3.05) is 12.3 Å². The van der Waals surface area contributed by atoms with E-state index in [-0.39, 0.29) is 12.3 Å². The number of carbonyl (C=O) groups excluding carboxylic acids is 1. The molecular weight excluding hydrogens is 279 g/mol. The second kappa shape index (κ2) is 7.28. The van der Waals surface area contributed by atoms with Crippen molar-refractivity contribution in [1.29, 1.82) is 0 Å². The third kappa shape index (κ3) is 7.61. The Bertz CT molecular complexity index is 434. The van der Waals surface area contributed by atoms with Crippen molar-refractivity contribution in [3.05, 3.63) is 35.9 Å². The molecule has 0 heterocycles. The van der Waals surface area contributed by atoms with Gasteiger partial charge in [0.2, 0.25) is 5.91 Å². The van der Waals surface area contributed by atoms with E-state index in [2.05, 4.69) is 5.32 Å². The van der Waals surface area contributed by atoms with Gasteiger partial charge in [-0.2, -0.15) is 13.2 Å². The molecule has 0 aliphatic rings. The number of hydrogen-bond donors (Lipinski definition) is 1. The molecule has 0 aliphatic carbocycles. The van der Waals surface area contributed by atoms with E-state index in [0.717, 1.165) is 5.56 Å². The number of carbonyl (C=O) groups is 1. The lowest BCUT2D eigenvalue weighted by atomic mass is 10.2. The molecule has 0 unspecified atom stereocenters. The summed E-state index contributed by atoms with van der Waals surface area (Å²) in [6.45, 7) is -0.0195. The van der Waals surface area contributed by atoms with Crippen LogP contribution in [0.2, 0.25) is 0 Å². The fraction of sp³-hybridized carbons (Fsp3) is 0.417. The summed E-state index contributed by atoms with van der Waals surface area (Å²) in [7, 11) is -1.21. The van der Waals surface area contributed by atoms with E-state index in [1.54, 1.807) is 0 Å². The van der Waals surface area contributed by atoms with Gasteiger partial charge in [-0.1, -0.05) is 30.3 Å². The molecule has 0 saturated heterocycles. The highest BCUT2D eigenvalue weighted by Gasteiger charge is 2.30. The third-order valence-corrected chi connectivity index (χ3v) is 3.50. The van der Waals surface area contributed by atoms with Gasteiger partial charge in [0.1, 0.15) is 6.42 Å². The number of halogens is 3. The fourth-order valence-electron chi connectivity index (χ4n) is 1.38. The van der Waals surface area contributed by atoms with Crippen molar-refractivity contribution in [1.82, 2.24) is 5.32 Å². The minimum absolute atomic E-state index is 0.0195. The molecule has 0 fully saturated rings. The van der Waals surface area contributed by atoms with Crippen LogP contribution in [0.4, 0.5) is 13.2 Å². The van der Waals surface area contributed by atoms with Crippen LogP contribution >= 0.6 is 0 Å². The zero-order chi connectivity index (χ0) is 14.3. The van der Waals surface area contributed by atoms with E-state index < -0.39 is 29.3 Å². The van der Waals surface area contributed by atoms with Crippen LogP contribution in [0.15, 0.2) is 30.3 Å². The first-order valence-electron chi connectivity index (χ1n) is 5.59. The Morgan fingerprint density at radius 1 is 1.21 bits per heavy atom. The van der Waals surface area contributed by atoms with E-state index in [1.165, 1.54) is 0 Å². The molecule has 0 aliphatic heterocycles. The van der Waals surface area contributed by atoms with Crippen LogP contribution in [0.1, 0.15) is 12.0 Å². The molecule has 0 radical (unpaired) electrons. The lowest BCUT2D eigenvalue weighted by Gasteiger charge is -2.07. The van der Waals surface area contributed by atoms with E-state index >= 15 is 0 Å². The molecule has 1 atom stereocenters. The van der Waals surface area contributed by atoms with E-state index in [1.807, 2.05) is 30.3 Å². The maximum absolute atomic E-state index is 11.9. The summed E-state index contributed by atoms with van der Waals surface area (Å²) in [5.74, 6) is -0.627. The largest absolute Gasteiger partial charge is 0.397 e. The molecule has 1 amide bonds. The summed E-state index contributed by atoms with van der Waals surface area (Å²) in [6, 6.07) is 9.11. The van der Waals surface area contributed by atoms with Gasteiger partial charge in [0.25, 0.3) is 0 Å². The zero-order valence-electron chi connectivity index (χ0n) is 10.1. The molecule has 1 N–H and O–H groups in total. The Hall–Kier alpha value is -1.37. The Morgan fingerprint density at radius 3 is 2.42 bits per heavy atom. The van der Waals surface area contributed by atoms with Gasteiger partial charge in [-0.3, -0.25) is 9.00 Å². The summed E-state index contributed by atoms with van der Waals surface area (Å²) in [5, 5.41) is 2.10. The zero-order valence-corrected chi connectivity index (χ0v) is 10.9. The van der Waals surface area contributed by atoms with E-state index in [0.29, 0.717) is 5.75 Å². The average molecular weight is 293 g/mol. The fourth-order valence-corrected chi connectivity index (χ4v) is 2.42. The number of alkyl halides is 3. The molecule has 1 aromatic rings. The van der Waals surface area contributed by atoms with Crippen LogP contribution in [0.5, 0.6) is 0 Å². The molecule has 0 saturated carbocycles. The summed E-state index contributed by atoms with van der Waals surface area (Å²) in [5.41, 5.74) is 0.891. The summed E-state index contributed by atoms with van der Waals surface area (Å²) < 4.78 is 47.2. The molecule has 1 rings (SSSR count). The molecule has 0 bridgehead atoms. The van der Waals surface area contributed by atoms with Crippen LogP contribution in [0, 0.1) is 0 Å². The first-order chi connectivity index (χ1) is 8.87. The van der Waals surface area contributed by atoms with Gasteiger partial charge in [0, 0.05) is 28.9 Å². The number of hydrogen-bond acceptors (Lipinski definition) is 2. The van der Waals surface area contributed by atoms with Crippen LogP contribution in [-0.2, 0) is 21.3 Å². The van der Waals surface area contributed by atoms with Gasteiger partial charge in [-0.05, 0) is 5.56 Å². The highest BCUT2D eigenvalue weighted by atomic mass is 32.2. The van der Waals surface area contributed by atoms with Crippen LogP contribution in [0.3, 0.4) is 0 Å². The van der Waals surface area contributed by atoms with Crippen molar-refractivity contribution in [3.8, 4) is 0 Å². The quantitative estimate of drug-likeness (QED) is 0.872. The Morgan fingerprint density at radius 2 is 1.84 bits per heavy atom. The summed E-state index contributed by atoms with van der Waals surface area (Å²) >= 11 is 0. The van der Waals surface area contributed by atoms with Gasteiger partial charge in [0.05, 0.1) is 0 Å². The van der Waals surface area contributed by atoms with E-state index in [9.17, 15) is 22.2 Å². The van der Waals surface area contributed by atoms with Gasteiger partial charge < -0.3 is 5.32 Å². The van der Waals surface area contributed by atoms with Crippen LogP contribution < -0.4 is 5.32 Å². The predicted octanol–water partition coefficient (Wildman–Crippen LogP) is 2.00. The Kier molecular flexibility index (Phi) is 6.01. The predicted molar refractivity (Wildman–Crippen MR) is 66.8 cm³/mol. The maximum atomic E-state index is 11.9. The monoisotopic (exact) mass is 293 g/mol. The van der Waals surface area contributed by atoms with E-state index in [4.69, 9.17) is 0 Å². The Balaban J connectivity index is 2.23. The molecule has 1 aromatic carbocycles. The lowest BCUT2D eigenvalue weighted by molar-refractivity contribution is -0.153. The molecule has 106 valence electrons. The van der Waals surface area contributed by atoms with Crippen molar-refractivity contribution in [2.45, 2.75) is 18.3 Å². The molecule has 0 aromatic heterocycles. The molecular formula is C12H14F3NO2S. The normalized spacial score (nSPS) is 13.0. The van der Waals surface area contributed by atoms with Gasteiger partial charge in [0.15, 0.2) is 0 Å². The Labute approximate surface area is 111 Å². The van der Waals surface area contributed by atoms with Crippen molar-refractivity contribution < 1.29 is 22.2 Å². The van der Waals surface area contributed by atoms with Crippen molar-refractivity contribution in [2.24, 2.45) is 0 Å². The molecule has 3 nitrogen and oxygen atoms in total. The number of rotatable bonds is 6. The lowest BCUT2D eigenvalue weighted by Crippen LogP contribution is -2.31. The topological polar surface area (TPSA) is 46.2 Å². The maximum Gasteiger partial charge on any atom is 0.397 e. The molecule has 0 spiro atoms. The standard InChI is InChI=1S/C12H14F3NO2S/c13-12(14,15)8-11(17)16-6-7-19(18)9-10-4-2-1-3-5-10/h1-5H,6-9H2,(H,16,17)/t19-/m0/s1. The number of amides is 1. The average Bonchev–Trinajstić information content (AvgIpc) is 2.27. The highest BCUT2D eigenvalue weighted by Crippen LogP contribution is 2.18. The van der Waals surface area contributed by atoms with Crippen LogP contribution in [-0.4, -0.2) is 28.6 Å². The highest BCUT2D eigenvalue weighted by molar-refractivity contribution is 7.84. The van der Waals surface area contributed by atoms with Gasteiger partial charge in [-0.25, -0.2) is 0 Å².